The minimum Gasteiger partial charge on any atom is -0.474 e. The summed E-state index contributed by atoms with van der Waals surface area (Å²) in [6.45, 7) is 5.11. The second-order valence-corrected chi connectivity index (χ2v) is 5.87. The van der Waals surface area contributed by atoms with Crippen LogP contribution in [0, 0.1) is 24.0 Å². The molecule has 1 amide bonds. The fourth-order valence-corrected chi connectivity index (χ4v) is 2.25. The first-order valence-electron chi connectivity index (χ1n) is 7.26. The van der Waals surface area contributed by atoms with Crippen molar-refractivity contribution in [1.29, 1.82) is 0 Å². The Hall–Kier alpha value is -2.60. The Labute approximate surface area is 144 Å². The zero-order chi connectivity index (χ0) is 17.9. The van der Waals surface area contributed by atoms with Crippen molar-refractivity contribution in [3.05, 3.63) is 62.7 Å². The van der Waals surface area contributed by atoms with Gasteiger partial charge >= 0.3 is 5.69 Å². The molecule has 0 aliphatic carbocycles. The van der Waals surface area contributed by atoms with Crippen LogP contribution in [0.2, 0.25) is 5.02 Å². The van der Waals surface area contributed by atoms with E-state index in [1.54, 1.807) is 31.2 Å². The number of nitrogens with one attached hydrogen (secondary N) is 1. The molecule has 7 heteroatoms. The highest BCUT2D eigenvalue weighted by Gasteiger charge is 2.21. The van der Waals surface area contributed by atoms with Crippen LogP contribution in [0.25, 0.3) is 0 Å². The van der Waals surface area contributed by atoms with Crippen molar-refractivity contribution in [2.75, 3.05) is 5.32 Å². The predicted molar refractivity (Wildman–Crippen MR) is 92.7 cm³/mol. The van der Waals surface area contributed by atoms with Gasteiger partial charge in [0.1, 0.15) is 0 Å². The fraction of sp³-hybridized carbons (Fsp3) is 0.235. The first kappa shape index (κ1) is 17.7. The molecular weight excluding hydrogens is 332 g/mol. The van der Waals surface area contributed by atoms with E-state index >= 15 is 0 Å². The van der Waals surface area contributed by atoms with Gasteiger partial charge in [0, 0.05) is 16.8 Å². The first-order valence-corrected chi connectivity index (χ1v) is 7.64. The van der Waals surface area contributed by atoms with Gasteiger partial charge in [0.15, 0.2) is 11.9 Å². The van der Waals surface area contributed by atoms with Crippen molar-refractivity contribution < 1.29 is 14.5 Å². The molecule has 0 unspecified atom stereocenters. The third-order valence-electron chi connectivity index (χ3n) is 3.44. The van der Waals surface area contributed by atoms with E-state index in [-0.39, 0.29) is 11.4 Å². The molecule has 0 heterocycles. The quantitative estimate of drug-likeness (QED) is 0.646. The number of benzene rings is 2. The van der Waals surface area contributed by atoms with Crippen molar-refractivity contribution >= 4 is 28.9 Å². The molecule has 0 aliphatic rings. The van der Waals surface area contributed by atoms with Crippen LogP contribution in [-0.4, -0.2) is 16.9 Å². The average Bonchev–Trinajstić information content (AvgIpc) is 2.52. The maximum atomic E-state index is 12.3. The second kappa shape index (κ2) is 7.31. The molecule has 0 aromatic heterocycles. The van der Waals surface area contributed by atoms with E-state index in [9.17, 15) is 14.9 Å². The lowest BCUT2D eigenvalue weighted by molar-refractivity contribution is -0.386. The largest absolute Gasteiger partial charge is 0.474 e. The number of amides is 1. The number of hydrogen-bond acceptors (Lipinski definition) is 4. The minimum atomic E-state index is -0.912. The number of nitrogens with zero attached hydrogens (tertiary/aromatic N) is 1. The Bertz CT molecular complexity index is 792. The lowest BCUT2D eigenvalue weighted by Crippen LogP contribution is -2.30. The molecule has 1 N–H and O–H groups in total. The summed E-state index contributed by atoms with van der Waals surface area (Å²) in [4.78, 5) is 22.9. The number of anilines is 1. The summed E-state index contributed by atoms with van der Waals surface area (Å²) in [5.74, 6) is -0.369. The lowest BCUT2D eigenvalue weighted by Gasteiger charge is -2.16. The Morgan fingerprint density at radius 1 is 1.25 bits per heavy atom. The molecule has 0 fully saturated rings. The van der Waals surface area contributed by atoms with Crippen LogP contribution >= 0.6 is 11.6 Å². The van der Waals surface area contributed by atoms with Gasteiger partial charge in [0.25, 0.3) is 5.91 Å². The fourth-order valence-electron chi connectivity index (χ4n) is 2.08. The number of halogens is 1. The van der Waals surface area contributed by atoms with Crippen LogP contribution < -0.4 is 10.1 Å². The van der Waals surface area contributed by atoms with E-state index in [0.717, 1.165) is 11.1 Å². The Kier molecular flexibility index (Phi) is 5.41. The normalized spacial score (nSPS) is 11.7. The molecular formula is C17H17ClN2O4. The molecule has 24 heavy (non-hydrogen) atoms. The van der Waals surface area contributed by atoms with Gasteiger partial charge in [0.05, 0.1) is 4.92 Å². The number of ether oxygens (including phenoxy) is 1. The monoisotopic (exact) mass is 348 g/mol. The van der Waals surface area contributed by atoms with Gasteiger partial charge in [-0.3, -0.25) is 14.9 Å². The molecule has 1 atom stereocenters. The summed E-state index contributed by atoms with van der Waals surface area (Å²) < 4.78 is 5.48. The van der Waals surface area contributed by atoms with Crippen LogP contribution in [0.15, 0.2) is 36.4 Å². The van der Waals surface area contributed by atoms with Crippen LogP contribution in [0.3, 0.4) is 0 Å². The van der Waals surface area contributed by atoms with Gasteiger partial charge in [-0.15, -0.1) is 0 Å². The Balaban J connectivity index is 2.15. The first-order chi connectivity index (χ1) is 11.3. The van der Waals surface area contributed by atoms with Gasteiger partial charge in [-0.05, 0) is 50.1 Å². The number of nitro benzene ring substituents is 1. The molecule has 0 spiro atoms. The second-order valence-electron chi connectivity index (χ2n) is 5.44. The summed E-state index contributed by atoms with van der Waals surface area (Å²) in [5.41, 5.74) is 1.98. The number of aryl methyl sites for hydroxylation is 2. The van der Waals surface area contributed by atoms with Gasteiger partial charge in [-0.1, -0.05) is 23.7 Å². The molecule has 2 rings (SSSR count). The maximum absolute atomic E-state index is 12.3. The predicted octanol–water partition coefficient (Wildman–Crippen LogP) is 4.27. The highest BCUT2D eigenvalue weighted by molar-refractivity contribution is 6.31. The number of carbonyl (C=O) groups is 1. The number of rotatable bonds is 5. The lowest BCUT2D eigenvalue weighted by atomic mass is 10.2. The zero-order valence-corrected chi connectivity index (χ0v) is 14.3. The number of nitro groups is 1. The van der Waals surface area contributed by atoms with Crippen LogP contribution in [-0.2, 0) is 4.79 Å². The molecule has 0 bridgehead atoms. The minimum absolute atomic E-state index is 0.0519. The topological polar surface area (TPSA) is 81.5 Å². The highest BCUT2D eigenvalue weighted by Crippen LogP contribution is 2.29. The molecule has 0 radical (unpaired) electrons. The molecule has 0 aliphatic heterocycles. The molecule has 6 nitrogen and oxygen atoms in total. The number of carbonyl (C=O) groups excluding carboxylic acids is 1. The van der Waals surface area contributed by atoms with Gasteiger partial charge < -0.3 is 10.1 Å². The third kappa shape index (κ3) is 4.23. The molecule has 0 saturated carbocycles. The van der Waals surface area contributed by atoms with E-state index in [1.807, 2.05) is 6.92 Å². The molecule has 0 saturated heterocycles. The number of hydrogen-bond donors (Lipinski definition) is 1. The third-order valence-corrected chi connectivity index (χ3v) is 3.68. The van der Waals surface area contributed by atoms with E-state index in [2.05, 4.69) is 5.32 Å². The summed E-state index contributed by atoms with van der Waals surface area (Å²) in [6.07, 6.45) is -0.912. The van der Waals surface area contributed by atoms with E-state index in [4.69, 9.17) is 16.3 Å². The molecule has 2 aromatic rings. The Morgan fingerprint density at radius 2 is 1.96 bits per heavy atom. The van der Waals surface area contributed by atoms with Crippen molar-refractivity contribution in [2.45, 2.75) is 26.9 Å². The zero-order valence-electron chi connectivity index (χ0n) is 13.5. The van der Waals surface area contributed by atoms with Crippen molar-refractivity contribution in [1.82, 2.24) is 0 Å². The smallest absolute Gasteiger partial charge is 0.311 e. The van der Waals surface area contributed by atoms with Crippen LogP contribution in [0.4, 0.5) is 11.4 Å². The van der Waals surface area contributed by atoms with E-state index < -0.39 is 16.9 Å². The van der Waals surface area contributed by atoms with Gasteiger partial charge in [-0.25, -0.2) is 0 Å². The van der Waals surface area contributed by atoms with Gasteiger partial charge in [0.2, 0.25) is 0 Å². The van der Waals surface area contributed by atoms with E-state index in [0.29, 0.717) is 10.7 Å². The molecule has 126 valence electrons. The SMILES string of the molecule is Cc1ccc(O[C@H](C)C(=O)Nc2cc(Cl)ccc2C)c([N+](=O)[O-])c1. The van der Waals surface area contributed by atoms with Crippen molar-refractivity contribution in [3.8, 4) is 5.75 Å². The van der Waals surface area contributed by atoms with Gasteiger partial charge in [-0.2, -0.15) is 0 Å². The summed E-state index contributed by atoms with van der Waals surface area (Å²) in [6, 6.07) is 9.73. The van der Waals surface area contributed by atoms with E-state index in [1.165, 1.54) is 19.1 Å². The van der Waals surface area contributed by atoms with Crippen molar-refractivity contribution in [3.63, 3.8) is 0 Å². The summed E-state index contributed by atoms with van der Waals surface area (Å²) in [5, 5.41) is 14.3. The highest BCUT2D eigenvalue weighted by atomic mass is 35.5. The Morgan fingerprint density at radius 3 is 2.62 bits per heavy atom. The van der Waals surface area contributed by atoms with Crippen LogP contribution in [0.1, 0.15) is 18.1 Å². The standard InChI is InChI=1S/C17H17ClN2O4/c1-10-4-7-16(15(8-10)20(22)23)24-12(3)17(21)19-14-9-13(18)6-5-11(14)2/h4-9,12H,1-3H3,(H,19,21)/t12-/m1/s1. The average molecular weight is 349 g/mol. The summed E-state index contributed by atoms with van der Waals surface area (Å²) in [7, 11) is 0. The summed E-state index contributed by atoms with van der Waals surface area (Å²) >= 11 is 5.92. The molecule has 2 aromatic carbocycles. The van der Waals surface area contributed by atoms with Crippen molar-refractivity contribution in [2.24, 2.45) is 0 Å². The maximum Gasteiger partial charge on any atom is 0.311 e. The van der Waals surface area contributed by atoms with Crippen LogP contribution in [0.5, 0.6) is 5.75 Å².